The summed E-state index contributed by atoms with van der Waals surface area (Å²) < 4.78 is 11.6. The fourth-order valence-corrected chi connectivity index (χ4v) is 1.86. The predicted molar refractivity (Wildman–Crippen MR) is 59.4 cm³/mol. The second-order valence-electron chi connectivity index (χ2n) is 4.17. The van der Waals surface area contributed by atoms with Crippen LogP contribution < -0.4 is 0 Å². The fraction of sp³-hybridized carbons (Fsp3) is 0.385. The molecular weight excluding hydrogens is 188 g/mol. The Bertz CT molecular complexity index is 343. The van der Waals surface area contributed by atoms with Gasteiger partial charge in [-0.05, 0) is 19.4 Å². The van der Waals surface area contributed by atoms with Crippen molar-refractivity contribution in [3.63, 3.8) is 0 Å². The minimum absolute atomic E-state index is 0.0429. The Morgan fingerprint density at radius 2 is 1.87 bits per heavy atom. The van der Waals surface area contributed by atoms with E-state index in [4.69, 9.17) is 9.47 Å². The van der Waals surface area contributed by atoms with Crippen LogP contribution in [0.5, 0.6) is 0 Å². The molecule has 15 heavy (non-hydrogen) atoms. The van der Waals surface area contributed by atoms with Crippen molar-refractivity contribution in [1.29, 1.82) is 0 Å². The van der Waals surface area contributed by atoms with Gasteiger partial charge >= 0.3 is 0 Å². The lowest BCUT2D eigenvalue weighted by Crippen LogP contribution is -2.20. The molecule has 0 aromatic heterocycles. The summed E-state index contributed by atoms with van der Waals surface area (Å²) in [5, 5.41) is 0. The quantitative estimate of drug-likeness (QED) is 0.689. The van der Waals surface area contributed by atoms with E-state index >= 15 is 0 Å². The highest BCUT2D eigenvalue weighted by Gasteiger charge is 2.40. The van der Waals surface area contributed by atoms with Gasteiger partial charge in [-0.25, -0.2) is 0 Å². The van der Waals surface area contributed by atoms with Crippen LogP contribution in [0.1, 0.15) is 25.5 Å². The zero-order valence-electron chi connectivity index (χ0n) is 9.14. The highest BCUT2D eigenvalue weighted by molar-refractivity contribution is 5.21. The Morgan fingerprint density at radius 3 is 2.47 bits per heavy atom. The second-order valence-corrected chi connectivity index (χ2v) is 4.17. The number of ether oxygens (including phenoxy) is 2. The molecule has 1 fully saturated rings. The molecule has 1 saturated heterocycles. The monoisotopic (exact) mass is 204 g/mol. The number of hydrogen-bond acceptors (Lipinski definition) is 2. The molecule has 0 N–H and O–H groups in total. The summed E-state index contributed by atoms with van der Waals surface area (Å²) in [6.45, 7) is 7.63. The normalized spacial score (nSPS) is 28.9. The van der Waals surface area contributed by atoms with E-state index < -0.39 is 5.79 Å². The fourth-order valence-electron chi connectivity index (χ4n) is 1.86. The van der Waals surface area contributed by atoms with Crippen LogP contribution in [0, 0.1) is 0 Å². The van der Waals surface area contributed by atoms with Gasteiger partial charge in [0.2, 0.25) is 0 Å². The van der Waals surface area contributed by atoms with Crippen LogP contribution in [0.25, 0.3) is 0 Å². The summed E-state index contributed by atoms with van der Waals surface area (Å²) in [7, 11) is 0. The van der Waals surface area contributed by atoms with Gasteiger partial charge < -0.3 is 9.47 Å². The third kappa shape index (κ3) is 2.11. The van der Waals surface area contributed by atoms with Crippen molar-refractivity contribution in [2.24, 2.45) is 0 Å². The Labute approximate surface area is 90.5 Å². The van der Waals surface area contributed by atoms with Crippen molar-refractivity contribution in [2.45, 2.75) is 31.8 Å². The zero-order valence-corrected chi connectivity index (χ0v) is 9.14. The predicted octanol–water partition coefficient (Wildman–Crippen LogP) is 3.07. The molecule has 0 radical (unpaired) electrons. The molecule has 2 atom stereocenters. The molecule has 0 bridgehead atoms. The molecule has 1 aliphatic rings. The topological polar surface area (TPSA) is 18.5 Å². The van der Waals surface area contributed by atoms with Crippen molar-refractivity contribution < 1.29 is 9.47 Å². The van der Waals surface area contributed by atoms with Crippen LogP contribution in [0.4, 0.5) is 0 Å². The van der Waals surface area contributed by atoms with Crippen LogP contribution in [-0.4, -0.2) is 11.9 Å². The van der Waals surface area contributed by atoms with Gasteiger partial charge in [0.15, 0.2) is 5.79 Å². The SMILES string of the molecule is C=CC1OC(C)(C)OC1c1ccccc1. The molecule has 1 heterocycles. The molecule has 1 aliphatic heterocycles. The van der Waals surface area contributed by atoms with E-state index in [2.05, 4.69) is 6.58 Å². The van der Waals surface area contributed by atoms with E-state index in [1.165, 1.54) is 0 Å². The first kappa shape index (κ1) is 10.4. The smallest absolute Gasteiger partial charge is 0.164 e. The summed E-state index contributed by atoms with van der Waals surface area (Å²) in [4.78, 5) is 0. The molecule has 1 aromatic rings. The van der Waals surface area contributed by atoms with Crippen molar-refractivity contribution in [3.8, 4) is 0 Å². The van der Waals surface area contributed by atoms with Gasteiger partial charge in [-0.3, -0.25) is 0 Å². The number of rotatable bonds is 2. The third-order valence-corrected chi connectivity index (χ3v) is 2.49. The first-order valence-corrected chi connectivity index (χ1v) is 5.15. The average Bonchev–Trinajstić information content (AvgIpc) is 2.55. The highest BCUT2D eigenvalue weighted by atomic mass is 16.7. The minimum Gasteiger partial charge on any atom is -0.340 e. The highest BCUT2D eigenvalue weighted by Crippen LogP contribution is 2.38. The first-order chi connectivity index (χ1) is 7.12. The Morgan fingerprint density at radius 1 is 1.20 bits per heavy atom. The molecule has 2 unspecified atom stereocenters. The van der Waals surface area contributed by atoms with Crippen molar-refractivity contribution in [1.82, 2.24) is 0 Å². The molecular formula is C13H16O2. The Kier molecular flexibility index (Phi) is 2.63. The van der Waals surface area contributed by atoms with E-state index in [-0.39, 0.29) is 12.2 Å². The van der Waals surface area contributed by atoms with Crippen LogP contribution >= 0.6 is 0 Å². The molecule has 0 spiro atoms. The molecule has 2 nitrogen and oxygen atoms in total. The third-order valence-electron chi connectivity index (χ3n) is 2.49. The van der Waals surface area contributed by atoms with Gasteiger partial charge in [-0.15, -0.1) is 6.58 Å². The summed E-state index contributed by atoms with van der Waals surface area (Å²) in [5.41, 5.74) is 1.13. The van der Waals surface area contributed by atoms with E-state index in [1.54, 1.807) is 6.08 Å². The maximum absolute atomic E-state index is 5.84. The Balaban J connectivity index is 2.26. The van der Waals surface area contributed by atoms with Crippen LogP contribution in [0.3, 0.4) is 0 Å². The maximum Gasteiger partial charge on any atom is 0.164 e. The summed E-state index contributed by atoms with van der Waals surface area (Å²) in [6.07, 6.45) is 1.69. The van der Waals surface area contributed by atoms with Crippen molar-refractivity contribution in [3.05, 3.63) is 48.6 Å². The van der Waals surface area contributed by atoms with Gasteiger partial charge in [0.1, 0.15) is 12.2 Å². The lowest BCUT2D eigenvalue weighted by atomic mass is 10.1. The van der Waals surface area contributed by atoms with Gasteiger partial charge in [0.25, 0.3) is 0 Å². The van der Waals surface area contributed by atoms with Crippen molar-refractivity contribution >= 4 is 0 Å². The Hall–Kier alpha value is -1.12. The second kappa shape index (κ2) is 3.80. The number of benzene rings is 1. The molecule has 2 heteroatoms. The van der Waals surface area contributed by atoms with Crippen LogP contribution in [0.15, 0.2) is 43.0 Å². The van der Waals surface area contributed by atoms with Gasteiger partial charge in [0.05, 0.1) is 0 Å². The van der Waals surface area contributed by atoms with E-state index in [1.807, 2.05) is 44.2 Å². The minimum atomic E-state index is -0.528. The molecule has 80 valence electrons. The lowest BCUT2D eigenvalue weighted by molar-refractivity contribution is -0.143. The summed E-state index contributed by atoms with van der Waals surface area (Å²) >= 11 is 0. The summed E-state index contributed by atoms with van der Waals surface area (Å²) in [5.74, 6) is -0.528. The van der Waals surface area contributed by atoms with Crippen molar-refractivity contribution in [2.75, 3.05) is 0 Å². The van der Waals surface area contributed by atoms with Gasteiger partial charge in [0, 0.05) is 0 Å². The molecule has 0 amide bonds. The van der Waals surface area contributed by atoms with Crippen LogP contribution in [0.2, 0.25) is 0 Å². The van der Waals surface area contributed by atoms with Gasteiger partial charge in [-0.1, -0.05) is 36.4 Å². The zero-order chi connectivity index (χ0) is 10.9. The largest absolute Gasteiger partial charge is 0.340 e. The lowest BCUT2D eigenvalue weighted by Gasteiger charge is -2.16. The van der Waals surface area contributed by atoms with Gasteiger partial charge in [-0.2, -0.15) is 0 Å². The molecule has 0 aliphatic carbocycles. The standard InChI is InChI=1S/C13H16O2/c1-4-11-12(15-13(2,3)14-11)10-8-6-5-7-9-10/h4-9,11-12H,1H2,2-3H3. The molecule has 2 rings (SSSR count). The number of hydrogen-bond donors (Lipinski definition) is 0. The summed E-state index contributed by atoms with van der Waals surface area (Å²) in [6, 6.07) is 10.1. The van der Waals surface area contributed by atoms with E-state index in [0.29, 0.717) is 0 Å². The van der Waals surface area contributed by atoms with E-state index in [0.717, 1.165) is 5.56 Å². The average molecular weight is 204 g/mol. The van der Waals surface area contributed by atoms with Crippen LogP contribution in [-0.2, 0) is 9.47 Å². The molecule has 1 aromatic carbocycles. The first-order valence-electron chi connectivity index (χ1n) is 5.15. The molecule has 0 saturated carbocycles. The maximum atomic E-state index is 5.84. The van der Waals surface area contributed by atoms with E-state index in [9.17, 15) is 0 Å².